The van der Waals surface area contributed by atoms with Gasteiger partial charge in [-0.05, 0) is 6.42 Å². The zero-order chi connectivity index (χ0) is 9.84. The summed E-state index contributed by atoms with van der Waals surface area (Å²) in [5.41, 5.74) is 0.193. The molecule has 72 valence electrons. The largest absolute Gasteiger partial charge is 0.388 e. The van der Waals surface area contributed by atoms with E-state index >= 15 is 0 Å². The molecule has 0 radical (unpaired) electrons. The van der Waals surface area contributed by atoms with Gasteiger partial charge >= 0.3 is 0 Å². The molecule has 1 aliphatic heterocycles. The van der Waals surface area contributed by atoms with Crippen molar-refractivity contribution in [3.63, 3.8) is 0 Å². The van der Waals surface area contributed by atoms with E-state index in [-0.39, 0.29) is 5.57 Å². The van der Waals surface area contributed by atoms with Gasteiger partial charge in [-0.15, -0.1) is 0 Å². The Balaban J connectivity index is 2.55. The predicted molar refractivity (Wildman–Crippen MR) is 46.8 cm³/mol. The number of hydrogen-bond acceptors (Lipinski definition) is 3. The van der Waals surface area contributed by atoms with E-state index < -0.39 is 17.9 Å². The lowest BCUT2D eigenvalue weighted by atomic mass is 10.0. The lowest BCUT2D eigenvalue weighted by molar-refractivity contribution is -0.124. The van der Waals surface area contributed by atoms with Gasteiger partial charge in [-0.2, -0.15) is 0 Å². The van der Waals surface area contributed by atoms with Crippen LogP contribution in [0.4, 0.5) is 0 Å². The van der Waals surface area contributed by atoms with Crippen LogP contribution in [0.2, 0.25) is 0 Å². The Morgan fingerprint density at radius 3 is 2.69 bits per heavy atom. The third-order valence-electron chi connectivity index (χ3n) is 1.98. The molecule has 1 aliphatic rings. The quantitative estimate of drug-likeness (QED) is 0.608. The first-order valence-electron chi connectivity index (χ1n) is 4.40. The van der Waals surface area contributed by atoms with Gasteiger partial charge in [0, 0.05) is 6.08 Å². The number of aliphatic hydroxyl groups excluding tert-OH is 1. The molecule has 0 fully saturated rings. The number of aliphatic hydroxyl groups is 1. The van der Waals surface area contributed by atoms with Crippen LogP contribution in [0, 0.1) is 0 Å². The van der Waals surface area contributed by atoms with Crippen molar-refractivity contribution in [2.75, 3.05) is 0 Å². The molecule has 2 amide bonds. The maximum absolute atomic E-state index is 11.0. The third kappa shape index (κ3) is 2.39. The summed E-state index contributed by atoms with van der Waals surface area (Å²) in [4.78, 5) is 21.8. The van der Waals surface area contributed by atoms with Crippen molar-refractivity contribution in [1.82, 2.24) is 5.32 Å². The van der Waals surface area contributed by atoms with Crippen molar-refractivity contribution in [2.45, 2.75) is 32.3 Å². The topological polar surface area (TPSA) is 66.4 Å². The average Bonchev–Trinajstić information content (AvgIpc) is 2.41. The second-order valence-electron chi connectivity index (χ2n) is 3.08. The van der Waals surface area contributed by atoms with Crippen LogP contribution >= 0.6 is 0 Å². The van der Waals surface area contributed by atoms with Gasteiger partial charge in [-0.3, -0.25) is 14.9 Å². The number of imide groups is 1. The second kappa shape index (κ2) is 4.18. The molecule has 0 saturated heterocycles. The highest BCUT2D eigenvalue weighted by Gasteiger charge is 2.25. The molecule has 4 nitrogen and oxygen atoms in total. The molecular formula is C9H13NO3. The zero-order valence-electron chi connectivity index (χ0n) is 7.54. The summed E-state index contributed by atoms with van der Waals surface area (Å²) in [5, 5.41) is 11.6. The van der Waals surface area contributed by atoms with Gasteiger partial charge in [0.15, 0.2) is 0 Å². The highest BCUT2D eigenvalue weighted by Crippen LogP contribution is 2.13. The summed E-state index contributed by atoms with van der Waals surface area (Å²) in [7, 11) is 0. The highest BCUT2D eigenvalue weighted by atomic mass is 16.3. The summed E-state index contributed by atoms with van der Waals surface area (Å²) in [6.45, 7) is 2.00. The van der Waals surface area contributed by atoms with Crippen molar-refractivity contribution in [3.8, 4) is 0 Å². The van der Waals surface area contributed by atoms with Gasteiger partial charge in [0.1, 0.15) is 0 Å². The minimum absolute atomic E-state index is 0.193. The summed E-state index contributed by atoms with van der Waals surface area (Å²) in [6.07, 6.45) is 2.71. The molecule has 1 unspecified atom stereocenters. The Morgan fingerprint density at radius 2 is 2.23 bits per heavy atom. The smallest absolute Gasteiger partial charge is 0.256 e. The summed E-state index contributed by atoms with van der Waals surface area (Å²) < 4.78 is 0. The van der Waals surface area contributed by atoms with Gasteiger partial charge in [0.25, 0.3) is 11.8 Å². The van der Waals surface area contributed by atoms with E-state index in [2.05, 4.69) is 5.32 Å². The number of nitrogens with one attached hydrogen (secondary N) is 1. The molecule has 1 atom stereocenters. The molecule has 0 aromatic rings. The molecule has 0 saturated carbocycles. The van der Waals surface area contributed by atoms with Crippen LogP contribution in [0.1, 0.15) is 26.2 Å². The molecule has 1 rings (SSSR count). The zero-order valence-corrected chi connectivity index (χ0v) is 7.54. The first kappa shape index (κ1) is 9.92. The molecule has 1 heterocycles. The predicted octanol–water partition coefficient (Wildman–Crippen LogP) is 0.120. The van der Waals surface area contributed by atoms with E-state index in [9.17, 15) is 14.7 Å². The fraction of sp³-hybridized carbons (Fsp3) is 0.556. The fourth-order valence-corrected chi connectivity index (χ4v) is 1.23. The highest BCUT2D eigenvalue weighted by molar-refractivity contribution is 6.16. The Hall–Kier alpha value is -1.16. The summed E-state index contributed by atoms with van der Waals surface area (Å²) in [5.74, 6) is -0.899. The maximum atomic E-state index is 11.0. The standard InChI is InChI=1S/C9H13NO3/c1-2-3-4-7(11)6-5-8(12)10-9(6)13/h5,7,11H,2-4H2,1H3,(H,10,12,13). The lowest BCUT2D eigenvalue weighted by Gasteiger charge is -2.08. The first-order valence-corrected chi connectivity index (χ1v) is 4.40. The van der Waals surface area contributed by atoms with Crippen LogP contribution in [0.25, 0.3) is 0 Å². The number of hydrogen-bond donors (Lipinski definition) is 2. The average molecular weight is 183 g/mol. The van der Waals surface area contributed by atoms with Crippen LogP contribution in [0.5, 0.6) is 0 Å². The molecule has 0 aliphatic carbocycles. The Bertz CT molecular complexity index is 258. The van der Waals surface area contributed by atoms with Crippen molar-refractivity contribution < 1.29 is 14.7 Å². The number of amides is 2. The van der Waals surface area contributed by atoms with E-state index in [0.717, 1.165) is 12.8 Å². The van der Waals surface area contributed by atoms with Gasteiger partial charge in [0.05, 0.1) is 11.7 Å². The molecule has 0 aromatic heterocycles. The van der Waals surface area contributed by atoms with E-state index in [1.54, 1.807) is 0 Å². The summed E-state index contributed by atoms with van der Waals surface area (Å²) >= 11 is 0. The van der Waals surface area contributed by atoms with Crippen LogP contribution < -0.4 is 5.32 Å². The molecule has 0 aromatic carbocycles. The lowest BCUT2D eigenvalue weighted by Crippen LogP contribution is -2.26. The summed E-state index contributed by atoms with van der Waals surface area (Å²) in [6, 6.07) is 0. The number of carbonyl (C=O) groups excluding carboxylic acids is 2. The minimum atomic E-state index is -0.800. The SMILES string of the molecule is CCCCC(O)C1=CC(=O)NC1=O. The van der Waals surface area contributed by atoms with Gasteiger partial charge in [-0.25, -0.2) is 0 Å². The number of carbonyl (C=O) groups is 2. The second-order valence-corrected chi connectivity index (χ2v) is 3.08. The molecular weight excluding hydrogens is 170 g/mol. The molecule has 2 N–H and O–H groups in total. The van der Waals surface area contributed by atoms with Crippen molar-refractivity contribution >= 4 is 11.8 Å². The van der Waals surface area contributed by atoms with Gasteiger partial charge < -0.3 is 5.11 Å². The van der Waals surface area contributed by atoms with Crippen LogP contribution in [-0.4, -0.2) is 23.0 Å². The molecule has 0 spiro atoms. The fourth-order valence-electron chi connectivity index (χ4n) is 1.23. The van der Waals surface area contributed by atoms with Crippen LogP contribution in [0.3, 0.4) is 0 Å². The minimum Gasteiger partial charge on any atom is -0.388 e. The van der Waals surface area contributed by atoms with Crippen LogP contribution in [-0.2, 0) is 9.59 Å². The van der Waals surface area contributed by atoms with Crippen LogP contribution in [0.15, 0.2) is 11.6 Å². The maximum Gasteiger partial charge on any atom is 0.256 e. The van der Waals surface area contributed by atoms with E-state index in [0.29, 0.717) is 6.42 Å². The van der Waals surface area contributed by atoms with Crippen molar-refractivity contribution in [2.24, 2.45) is 0 Å². The number of rotatable bonds is 4. The van der Waals surface area contributed by atoms with E-state index in [4.69, 9.17) is 0 Å². The normalized spacial score (nSPS) is 18.5. The number of unbranched alkanes of at least 4 members (excludes halogenated alkanes) is 1. The Labute approximate surface area is 76.6 Å². The molecule has 13 heavy (non-hydrogen) atoms. The van der Waals surface area contributed by atoms with E-state index in [1.807, 2.05) is 6.92 Å². The van der Waals surface area contributed by atoms with Crippen molar-refractivity contribution in [3.05, 3.63) is 11.6 Å². The van der Waals surface area contributed by atoms with Gasteiger partial charge in [-0.1, -0.05) is 19.8 Å². The molecule has 4 heteroatoms. The molecule has 0 bridgehead atoms. The van der Waals surface area contributed by atoms with Gasteiger partial charge in [0.2, 0.25) is 0 Å². The Kier molecular flexibility index (Phi) is 3.19. The Morgan fingerprint density at radius 1 is 1.54 bits per heavy atom. The monoisotopic (exact) mass is 183 g/mol. The van der Waals surface area contributed by atoms with Crippen molar-refractivity contribution in [1.29, 1.82) is 0 Å². The van der Waals surface area contributed by atoms with E-state index in [1.165, 1.54) is 6.08 Å². The first-order chi connectivity index (χ1) is 6.15. The third-order valence-corrected chi connectivity index (χ3v) is 1.98.